The predicted molar refractivity (Wildman–Crippen MR) is 144 cm³/mol. The molecule has 192 valence electrons. The molecule has 0 aliphatic heterocycles. The number of methoxy groups -OCH3 is 1. The van der Waals surface area contributed by atoms with Gasteiger partial charge < -0.3 is 24.7 Å². The lowest BCUT2D eigenvalue weighted by Crippen LogP contribution is -2.05. The molecule has 0 radical (unpaired) electrons. The summed E-state index contributed by atoms with van der Waals surface area (Å²) in [6.07, 6.45) is 1.42. The summed E-state index contributed by atoms with van der Waals surface area (Å²) in [6.45, 7) is 0.599. The van der Waals surface area contributed by atoms with Gasteiger partial charge in [-0.2, -0.15) is 0 Å². The van der Waals surface area contributed by atoms with Gasteiger partial charge in [0, 0.05) is 34.7 Å². The Balaban J connectivity index is 1.50. The highest BCUT2D eigenvalue weighted by atomic mass is 19.1. The Morgan fingerprint density at radius 1 is 0.947 bits per heavy atom. The summed E-state index contributed by atoms with van der Waals surface area (Å²) in [5, 5.41) is 10.3. The van der Waals surface area contributed by atoms with Crippen molar-refractivity contribution >= 4 is 16.9 Å². The number of ether oxygens (including phenoxy) is 2. The van der Waals surface area contributed by atoms with E-state index in [0.29, 0.717) is 34.7 Å². The lowest BCUT2D eigenvalue weighted by atomic mass is 9.99. The fraction of sp³-hybridized carbons (Fsp3) is 0.129. The number of carbonyl (C=O) groups is 1. The van der Waals surface area contributed by atoms with Crippen molar-refractivity contribution in [1.82, 2.24) is 0 Å². The highest BCUT2D eigenvalue weighted by Crippen LogP contribution is 2.34. The van der Waals surface area contributed by atoms with Crippen LogP contribution in [0.4, 0.5) is 4.39 Å². The summed E-state index contributed by atoms with van der Waals surface area (Å²) in [5.41, 5.74) is 11.8. The average molecular weight is 512 g/mol. The molecule has 3 N–H and O–H groups in total. The van der Waals surface area contributed by atoms with Crippen molar-refractivity contribution < 1.29 is 28.2 Å². The van der Waals surface area contributed by atoms with Crippen molar-refractivity contribution in [2.45, 2.75) is 19.6 Å². The molecule has 1 heterocycles. The molecule has 0 fully saturated rings. The molecule has 4 aromatic carbocycles. The zero-order chi connectivity index (χ0) is 26.6. The number of fused-ring (bicyclic) bond motifs is 1. The summed E-state index contributed by atoms with van der Waals surface area (Å²) in [6, 6.07) is 23.4. The van der Waals surface area contributed by atoms with Crippen LogP contribution in [-0.2, 0) is 24.4 Å². The van der Waals surface area contributed by atoms with Crippen LogP contribution >= 0.6 is 0 Å². The van der Waals surface area contributed by atoms with Gasteiger partial charge in [-0.25, -0.2) is 4.39 Å². The van der Waals surface area contributed by atoms with E-state index in [2.05, 4.69) is 0 Å². The van der Waals surface area contributed by atoms with E-state index in [0.717, 1.165) is 33.2 Å². The number of rotatable bonds is 9. The van der Waals surface area contributed by atoms with Crippen molar-refractivity contribution in [3.05, 3.63) is 108 Å². The Morgan fingerprint density at radius 2 is 1.79 bits per heavy atom. The molecule has 5 rings (SSSR count). The maximum absolute atomic E-state index is 14.8. The van der Waals surface area contributed by atoms with E-state index in [4.69, 9.17) is 19.6 Å². The molecule has 6 nitrogen and oxygen atoms in total. The standard InChI is InChI=1S/C31H26FNO5/c1-36-25-7-8-26(28(32)16-25)22-5-6-23(15-30(34)35)29(14-22)38-18-20-12-24-9-10-37-31(24)27(13-20)21-4-2-3-19(11-21)17-33/h2-14,16H,15,17-18,33H2,1H3,(H,34,35). The lowest BCUT2D eigenvalue weighted by Gasteiger charge is -2.14. The Hall–Kier alpha value is -4.62. The smallest absolute Gasteiger partial charge is 0.307 e. The summed E-state index contributed by atoms with van der Waals surface area (Å²) >= 11 is 0. The summed E-state index contributed by atoms with van der Waals surface area (Å²) < 4.78 is 31.8. The molecule has 0 spiro atoms. The lowest BCUT2D eigenvalue weighted by molar-refractivity contribution is -0.136. The van der Waals surface area contributed by atoms with E-state index in [1.807, 2.05) is 42.5 Å². The molecule has 0 amide bonds. The largest absolute Gasteiger partial charge is 0.497 e. The predicted octanol–water partition coefficient (Wildman–Crippen LogP) is 6.58. The topological polar surface area (TPSA) is 94.9 Å². The third kappa shape index (κ3) is 5.23. The summed E-state index contributed by atoms with van der Waals surface area (Å²) in [7, 11) is 1.47. The Bertz CT molecular complexity index is 1620. The first kappa shape index (κ1) is 25.0. The van der Waals surface area contributed by atoms with Gasteiger partial charge in [0.05, 0.1) is 19.8 Å². The second-order valence-electron chi connectivity index (χ2n) is 8.91. The second kappa shape index (κ2) is 10.8. The third-order valence-corrected chi connectivity index (χ3v) is 6.38. The van der Waals surface area contributed by atoms with E-state index in [9.17, 15) is 14.3 Å². The number of benzene rings is 4. The van der Waals surface area contributed by atoms with Crippen molar-refractivity contribution in [3.63, 3.8) is 0 Å². The summed E-state index contributed by atoms with van der Waals surface area (Å²) in [5.74, 6) is -0.650. The quantitative estimate of drug-likeness (QED) is 0.232. The van der Waals surface area contributed by atoms with E-state index in [1.165, 1.54) is 13.2 Å². The number of carboxylic acids is 1. The van der Waals surface area contributed by atoms with Gasteiger partial charge in [-0.05, 0) is 64.7 Å². The average Bonchev–Trinajstić information content (AvgIpc) is 3.40. The molecule has 0 bridgehead atoms. The zero-order valence-electron chi connectivity index (χ0n) is 20.7. The highest BCUT2D eigenvalue weighted by Gasteiger charge is 2.15. The van der Waals surface area contributed by atoms with Crippen LogP contribution in [0.15, 0.2) is 89.5 Å². The maximum atomic E-state index is 14.8. The Morgan fingerprint density at radius 3 is 2.55 bits per heavy atom. The van der Waals surface area contributed by atoms with E-state index in [-0.39, 0.29) is 13.0 Å². The maximum Gasteiger partial charge on any atom is 0.307 e. The van der Waals surface area contributed by atoms with E-state index in [1.54, 1.807) is 36.6 Å². The zero-order valence-corrected chi connectivity index (χ0v) is 20.7. The second-order valence-corrected chi connectivity index (χ2v) is 8.91. The first-order valence-electron chi connectivity index (χ1n) is 12.1. The third-order valence-electron chi connectivity index (χ3n) is 6.38. The van der Waals surface area contributed by atoms with Gasteiger partial charge in [0.1, 0.15) is 29.5 Å². The van der Waals surface area contributed by atoms with Gasteiger partial charge in [0.2, 0.25) is 0 Å². The molecule has 0 saturated carbocycles. The molecule has 5 aromatic rings. The van der Waals surface area contributed by atoms with Crippen LogP contribution in [-0.4, -0.2) is 18.2 Å². The van der Waals surface area contributed by atoms with Gasteiger partial charge >= 0.3 is 5.97 Å². The van der Waals surface area contributed by atoms with Crippen LogP contribution in [0.25, 0.3) is 33.2 Å². The molecular weight excluding hydrogens is 485 g/mol. The van der Waals surface area contributed by atoms with Crippen molar-refractivity contribution in [3.8, 4) is 33.8 Å². The molecule has 0 saturated heterocycles. The normalized spacial score (nSPS) is 11.0. The van der Waals surface area contributed by atoms with Crippen LogP contribution < -0.4 is 15.2 Å². The SMILES string of the molecule is COc1ccc(-c2ccc(CC(=O)O)c(OCc3cc(-c4cccc(CN)c4)c4occc4c3)c2)c(F)c1. The Kier molecular flexibility index (Phi) is 7.11. The minimum Gasteiger partial charge on any atom is -0.497 e. The van der Waals surface area contributed by atoms with Gasteiger partial charge in [0.25, 0.3) is 0 Å². The van der Waals surface area contributed by atoms with Gasteiger partial charge in [-0.3, -0.25) is 4.79 Å². The van der Waals surface area contributed by atoms with E-state index < -0.39 is 11.8 Å². The minimum atomic E-state index is -0.986. The number of hydrogen-bond donors (Lipinski definition) is 2. The molecule has 0 aliphatic carbocycles. The summed E-state index contributed by atoms with van der Waals surface area (Å²) in [4.78, 5) is 11.5. The fourth-order valence-corrected chi connectivity index (χ4v) is 4.49. The number of hydrogen-bond acceptors (Lipinski definition) is 5. The first-order chi connectivity index (χ1) is 18.4. The van der Waals surface area contributed by atoms with Gasteiger partial charge in [-0.15, -0.1) is 0 Å². The monoisotopic (exact) mass is 511 g/mol. The minimum absolute atomic E-state index is 0.172. The first-order valence-corrected chi connectivity index (χ1v) is 12.1. The number of aliphatic carboxylic acids is 1. The molecule has 7 heteroatoms. The molecule has 0 aliphatic rings. The van der Waals surface area contributed by atoms with Crippen LogP contribution in [0.5, 0.6) is 11.5 Å². The molecule has 38 heavy (non-hydrogen) atoms. The van der Waals surface area contributed by atoms with Crippen LogP contribution in [0.3, 0.4) is 0 Å². The van der Waals surface area contributed by atoms with Crippen LogP contribution in [0.1, 0.15) is 16.7 Å². The van der Waals surface area contributed by atoms with Crippen LogP contribution in [0.2, 0.25) is 0 Å². The van der Waals surface area contributed by atoms with Gasteiger partial charge in [-0.1, -0.05) is 30.3 Å². The number of furan rings is 1. The van der Waals surface area contributed by atoms with Gasteiger partial charge in [0.15, 0.2) is 0 Å². The van der Waals surface area contributed by atoms with Crippen molar-refractivity contribution in [2.24, 2.45) is 5.73 Å². The van der Waals surface area contributed by atoms with E-state index >= 15 is 0 Å². The van der Waals surface area contributed by atoms with Crippen molar-refractivity contribution in [1.29, 1.82) is 0 Å². The molecule has 0 unspecified atom stereocenters. The number of nitrogens with two attached hydrogens (primary N) is 1. The highest BCUT2D eigenvalue weighted by molar-refractivity contribution is 5.93. The Labute approximate surface area is 219 Å². The molecule has 0 atom stereocenters. The molecule has 1 aromatic heterocycles. The van der Waals surface area contributed by atoms with Crippen molar-refractivity contribution in [2.75, 3.05) is 7.11 Å². The molecular formula is C31H26FNO5. The fourth-order valence-electron chi connectivity index (χ4n) is 4.49. The number of halogens is 1. The van der Waals surface area contributed by atoms with Crippen LogP contribution in [0, 0.1) is 5.82 Å². The number of carboxylic acid groups (broad SMARTS) is 1.